The van der Waals surface area contributed by atoms with Crippen molar-refractivity contribution in [1.29, 1.82) is 0 Å². The number of nitrogens with one attached hydrogen (secondary N) is 1. The number of halogens is 3. The summed E-state index contributed by atoms with van der Waals surface area (Å²) in [5, 5.41) is 0.706. The lowest BCUT2D eigenvalue weighted by Gasteiger charge is -2.24. The first-order valence-electron chi connectivity index (χ1n) is 8.77. The molecule has 0 saturated heterocycles. The minimum atomic E-state index is -5.00. The number of pyridine rings is 1. The molecule has 2 aromatic carbocycles. The number of alkyl halides is 3. The van der Waals surface area contributed by atoms with E-state index in [-0.39, 0.29) is 18.5 Å². The molecule has 1 N–H and O–H groups in total. The number of hydrogen-bond donors (Lipinski definition) is 1. The minimum Gasteiger partial charge on any atom is -0.330 e. The fourth-order valence-electron chi connectivity index (χ4n) is 3.09. The summed E-state index contributed by atoms with van der Waals surface area (Å²) in [6.07, 6.45) is -4.75. The van der Waals surface area contributed by atoms with E-state index in [4.69, 9.17) is 0 Å². The Hall–Kier alpha value is -3.09. The molecule has 0 spiro atoms. The molecular weight excluding hydrogens is 369 g/mol. The molecule has 4 nitrogen and oxygen atoms in total. The van der Waals surface area contributed by atoms with E-state index >= 15 is 0 Å². The first kappa shape index (κ1) is 19.7. The SMILES string of the molecule is Cc1cccc2cc(CN(CCc3ccccc3)C(=O)C(F)(F)F)c(=O)[nH]c12. The van der Waals surface area contributed by atoms with Gasteiger partial charge < -0.3 is 9.88 Å². The van der Waals surface area contributed by atoms with Crippen LogP contribution in [0.2, 0.25) is 0 Å². The second-order valence-corrected chi connectivity index (χ2v) is 6.62. The lowest BCUT2D eigenvalue weighted by atomic mass is 10.1. The van der Waals surface area contributed by atoms with Gasteiger partial charge in [-0.1, -0.05) is 48.5 Å². The number of hydrogen-bond acceptors (Lipinski definition) is 2. The van der Waals surface area contributed by atoms with Gasteiger partial charge >= 0.3 is 12.1 Å². The standard InChI is InChI=1S/C21H19F3N2O2/c1-14-6-5-9-16-12-17(19(27)25-18(14)16)13-26(20(28)21(22,23)24)11-10-15-7-3-2-4-8-15/h2-9,12H,10-11,13H2,1H3,(H,25,27). The Morgan fingerprint density at radius 2 is 1.79 bits per heavy atom. The Balaban J connectivity index is 1.90. The van der Waals surface area contributed by atoms with E-state index in [9.17, 15) is 22.8 Å². The normalized spacial score (nSPS) is 11.6. The zero-order chi connectivity index (χ0) is 20.3. The summed E-state index contributed by atoms with van der Waals surface area (Å²) in [5.74, 6) is -1.95. The van der Waals surface area contributed by atoms with Crippen LogP contribution in [0.5, 0.6) is 0 Å². The van der Waals surface area contributed by atoms with Gasteiger partial charge in [0.05, 0.1) is 12.1 Å². The highest BCUT2D eigenvalue weighted by Crippen LogP contribution is 2.21. The van der Waals surface area contributed by atoms with Crippen LogP contribution in [0.1, 0.15) is 16.7 Å². The third kappa shape index (κ3) is 4.42. The number of H-pyrrole nitrogens is 1. The average Bonchev–Trinajstić information content (AvgIpc) is 2.66. The van der Waals surface area contributed by atoms with Gasteiger partial charge in [-0.05, 0) is 35.9 Å². The van der Waals surface area contributed by atoms with Crippen LogP contribution in [0.15, 0.2) is 59.4 Å². The summed E-state index contributed by atoms with van der Waals surface area (Å²) in [5.41, 5.74) is 1.92. The molecule has 1 amide bonds. The van der Waals surface area contributed by atoms with Crippen molar-refractivity contribution in [2.45, 2.75) is 26.1 Å². The van der Waals surface area contributed by atoms with E-state index in [1.807, 2.05) is 13.0 Å². The molecular formula is C21H19F3N2O2. The Morgan fingerprint density at radius 3 is 2.46 bits per heavy atom. The molecule has 1 heterocycles. The molecule has 3 rings (SSSR count). The van der Waals surface area contributed by atoms with E-state index in [0.717, 1.165) is 11.1 Å². The van der Waals surface area contributed by atoms with Crippen LogP contribution in [-0.4, -0.2) is 28.5 Å². The van der Waals surface area contributed by atoms with Crippen LogP contribution < -0.4 is 5.56 Å². The van der Waals surface area contributed by atoms with Crippen LogP contribution in [0.4, 0.5) is 13.2 Å². The topological polar surface area (TPSA) is 53.2 Å². The molecule has 0 bridgehead atoms. The maximum Gasteiger partial charge on any atom is 0.471 e. The Morgan fingerprint density at radius 1 is 1.07 bits per heavy atom. The van der Waals surface area contributed by atoms with E-state index in [1.54, 1.807) is 48.5 Å². The van der Waals surface area contributed by atoms with Crippen molar-refractivity contribution < 1.29 is 18.0 Å². The number of aromatic nitrogens is 1. The number of carbonyl (C=O) groups excluding carboxylic acids is 1. The van der Waals surface area contributed by atoms with Crippen LogP contribution in [-0.2, 0) is 17.8 Å². The second kappa shape index (κ2) is 7.88. The van der Waals surface area contributed by atoms with Crippen LogP contribution >= 0.6 is 0 Å². The van der Waals surface area contributed by atoms with E-state index < -0.39 is 24.2 Å². The van der Waals surface area contributed by atoms with Crippen molar-refractivity contribution in [3.8, 4) is 0 Å². The first-order chi connectivity index (χ1) is 13.3. The number of aryl methyl sites for hydroxylation is 1. The number of para-hydroxylation sites is 1. The van der Waals surface area contributed by atoms with Gasteiger partial charge in [0.2, 0.25) is 0 Å². The summed E-state index contributed by atoms with van der Waals surface area (Å²) in [4.78, 5) is 27.7. The van der Waals surface area contributed by atoms with Gasteiger partial charge in [-0.15, -0.1) is 0 Å². The molecule has 0 aliphatic heterocycles. The van der Waals surface area contributed by atoms with Crippen LogP contribution in [0.3, 0.4) is 0 Å². The van der Waals surface area contributed by atoms with Gasteiger partial charge in [-0.3, -0.25) is 9.59 Å². The lowest BCUT2D eigenvalue weighted by Crippen LogP contribution is -2.42. The van der Waals surface area contributed by atoms with Crippen molar-refractivity contribution in [3.63, 3.8) is 0 Å². The summed E-state index contributed by atoms with van der Waals surface area (Å²) >= 11 is 0. The maximum absolute atomic E-state index is 13.1. The van der Waals surface area contributed by atoms with Gasteiger partial charge in [-0.25, -0.2) is 0 Å². The summed E-state index contributed by atoms with van der Waals surface area (Å²) in [7, 11) is 0. The molecule has 7 heteroatoms. The summed E-state index contributed by atoms with van der Waals surface area (Å²) in [6.45, 7) is 1.27. The minimum absolute atomic E-state index is 0.115. The van der Waals surface area contributed by atoms with Crippen LogP contribution in [0.25, 0.3) is 10.9 Å². The van der Waals surface area contributed by atoms with Crippen molar-refractivity contribution >= 4 is 16.8 Å². The van der Waals surface area contributed by atoms with E-state index in [2.05, 4.69) is 4.98 Å². The molecule has 1 aromatic heterocycles. The van der Waals surface area contributed by atoms with Crippen LogP contribution in [0, 0.1) is 6.92 Å². The monoisotopic (exact) mass is 388 g/mol. The van der Waals surface area contributed by atoms with Gasteiger partial charge in [0.1, 0.15) is 0 Å². The zero-order valence-corrected chi connectivity index (χ0v) is 15.2. The quantitative estimate of drug-likeness (QED) is 0.719. The Labute approximate surface area is 159 Å². The number of benzene rings is 2. The van der Waals surface area contributed by atoms with Crippen molar-refractivity contribution in [2.24, 2.45) is 0 Å². The fraction of sp³-hybridized carbons (Fsp3) is 0.238. The number of amides is 1. The Kier molecular flexibility index (Phi) is 5.53. The number of nitrogens with zero attached hydrogens (tertiary/aromatic N) is 1. The van der Waals surface area contributed by atoms with Crippen molar-refractivity contribution in [3.05, 3.63) is 81.6 Å². The van der Waals surface area contributed by atoms with Crippen molar-refractivity contribution in [2.75, 3.05) is 6.54 Å². The summed E-state index contributed by atoms with van der Waals surface area (Å²) < 4.78 is 39.2. The molecule has 28 heavy (non-hydrogen) atoms. The van der Waals surface area contributed by atoms with E-state index in [0.29, 0.717) is 15.8 Å². The van der Waals surface area contributed by atoms with Crippen molar-refractivity contribution in [1.82, 2.24) is 9.88 Å². The third-order valence-electron chi connectivity index (χ3n) is 4.57. The highest BCUT2D eigenvalue weighted by atomic mass is 19.4. The van der Waals surface area contributed by atoms with Gasteiger partial charge in [-0.2, -0.15) is 13.2 Å². The number of carbonyl (C=O) groups is 1. The molecule has 146 valence electrons. The molecule has 0 fully saturated rings. The number of aromatic amines is 1. The predicted molar refractivity (Wildman–Crippen MR) is 101 cm³/mol. The summed E-state index contributed by atoms with van der Waals surface area (Å²) in [6, 6.07) is 15.9. The molecule has 0 radical (unpaired) electrons. The highest BCUT2D eigenvalue weighted by Gasteiger charge is 2.42. The van der Waals surface area contributed by atoms with Gasteiger partial charge in [0.15, 0.2) is 0 Å². The molecule has 0 aliphatic rings. The Bertz CT molecular complexity index is 1040. The smallest absolute Gasteiger partial charge is 0.330 e. The van der Waals surface area contributed by atoms with Gasteiger partial charge in [0, 0.05) is 12.1 Å². The molecule has 0 unspecified atom stereocenters. The highest BCUT2D eigenvalue weighted by molar-refractivity contribution is 5.83. The zero-order valence-electron chi connectivity index (χ0n) is 15.2. The molecule has 0 aliphatic carbocycles. The van der Waals surface area contributed by atoms with E-state index in [1.165, 1.54) is 0 Å². The number of rotatable bonds is 5. The second-order valence-electron chi connectivity index (χ2n) is 6.62. The third-order valence-corrected chi connectivity index (χ3v) is 4.57. The molecule has 3 aromatic rings. The van der Waals surface area contributed by atoms with Gasteiger partial charge in [0.25, 0.3) is 5.56 Å². The predicted octanol–water partition coefficient (Wildman–Crippen LogP) is 3.97. The average molecular weight is 388 g/mol. The molecule has 0 atom stereocenters. The lowest BCUT2D eigenvalue weighted by molar-refractivity contribution is -0.186. The largest absolute Gasteiger partial charge is 0.471 e. The first-order valence-corrected chi connectivity index (χ1v) is 8.77. The number of fused-ring (bicyclic) bond motifs is 1. The maximum atomic E-state index is 13.1. The fourth-order valence-corrected chi connectivity index (χ4v) is 3.09. The molecule has 0 saturated carbocycles.